The Morgan fingerprint density at radius 3 is 2.74 bits per heavy atom. The normalized spacial score (nSPS) is 10.3. The molecule has 0 saturated carbocycles. The van der Waals surface area contributed by atoms with Crippen LogP contribution in [0.3, 0.4) is 0 Å². The van der Waals surface area contributed by atoms with Crippen LogP contribution in [-0.2, 0) is 0 Å². The number of nitrogens with zero attached hydrogens (tertiary/aromatic N) is 1. The molecule has 23 heavy (non-hydrogen) atoms. The second kappa shape index (κ2) is 6.27. The predicted molar refractivity (Wildman–Crippen MR) is 81.7 cm³/mol. The second-order valence-corrected chi connectivity index (χ2v) is 4.55. The van der Waals surface area contributed by atoms with Gasteiger partial charge in [-0.05, 0) is 24.3 Å². The lowest BCUT2D eigenvalue weighted by atomic mass is 10.1. The molecule has 0 saturated heterocycles. The number of ether oxygens (including phenoxy) is 2. The molecule has 7 heteroatoms. The number of carbonyl (C=O) groups excluding carboxylic acids is 1. The summed E-state index contributed by atoms with van der Waals surface area (Å²) in [5, 5.41) is 6.46. The summed E-state index contributed by atoms with van der Waals surface area (Å²) in [5.41, 5.74) is 0.811. The molecular formula is C16H14N2O5. The maximum Gasteiger partial charge on any atom is 0.261 e. The number of aromatic nitrogens is 1. The number of benzene rings is 1. The molecule has 0 bridgehead atoms. The van der Waals surface area contributed by atoms with E-state index in [1.807, 2.05) is 0 Å². The number of hydrogen-bond donors (Lipinski definition) is 1. The molecule has 0 fully saturated rings. The van der Waals surface area contributed by atoms with E-state index in [9.17, 15) is 4.79 Å². The van der Waals surface area contributed by atoms with E-state index in [0.29, 0.717) is 28.5 Å². The quantitative estimate of drug-likeness (QED) is 0.778. The Labute approximate surface area is 131 Å². The summed E-state index contributed by atoms with van der Waals surface area (Å²) < 4.78 is 20.7. The van der Waals surface area contributed by atoms with E-state index in [0.717, 1.165) is 0 Å². The van der Waals surface area contributed by atoms with Gasteiger partial charge in [0, 0.05) is 6.07 Å². The van der Waals surface area contributed by atoms with Gasteiger partial charge in [0.15, 0.2) is 23.0 Å². The van der Waals surface area contributed by atoms with Crippen molar-refractivity contribution in [3.8, 4) is 23.0 Å². The Hall–Kier alpha value is -3.22. The van der Waals surface area contributed by atoms with Gasteiger partial charge in [0.25, 0.3) is 5.91 Å². The average molecular weight is 314 g/mol. The first-order valence-corrected chi connectivity index (χ1v) is 6.76. The number of furan rings is 1. The molecule has 1 amide bonds. The second-order valence-electron chi connectivity index (χ2n) is 4.55. The van der Waals surface area contributed by atoms with Crippen molar-refractivity contribution in [3.63, 3.8) is 0 Å². The van der Waals surface area contributed by atoms with Crippen molar-refractivity contribution in [2.75, 3.05) is 19.5 Å². The molecule has 118 valence electrons. The lowest BCUT2D eigenvalue weighted by molar-refractivity contribution is 0.102. The van der Waals surface area contributed by atoms with Crippen molar-refractivity contribution in [1.29, 1.82) is 0 Å². The van der Waals surface area contributed by atoms with Crippen LogP contribution in [0.15, 0.2) is 51.6 Å². The van der Waals surface area contributed by atoms with Gasteiger partial charge in [-0.25, -0.2) is 0 Å². The highest BCUT2D eigenvalue weighted by Crippen LogP contribution is 2.31. The molecule has 0 unspecified atom stereocenters. The molecule has 0 radical (unpaired) electrons. The molecule has 1 N–H and O–H groups in total. The summed E-state index contributed by atoms with van der Waals surface area (Å²) in [5.74, 6) is 1.16. The molecule has 3 rings (SSSR count). The van der Waals surface area contributed by atoms with E-state index >= 15 is 0 Å². The molecule has 0 aliphatic heterocycles. The third-order valence-corrected chi connectivity index (χ3v) is 3.17. The smallest absolute Gasteiger partial charge is 0.261 e. The summed E-state index contributed by atoms with van der Waals surface area (Å²) in [6.45, 7) is 0. The van der Waals surface area contributed by atoms with Crippen LogP contribution in [0.25, 0.3) is 11.5 Å². The zero-order valence-corrected chi connectivity index (χ0v) is 12.5. The Morgan fingerprint density at radius 2 is 2.04 bits per heavy atom. The van der Waals surface area contributed by atoms with E-state index in [1.54, 1.807) is 36.4 Å². The summed E-state index contributed by atoms with van der Waals surface area (Å²) >= 11 is 0. The molecule has 2 heterocycles. The molecule has 0 atom stereocenters. The highest BCUT2D eigenvalue weighted by Gasteiger charge is 2.18. The Morgan fingerprint density at radius 1 is 1.17 bits per heavy atom. The van der Waals surface area contributed by atoms with Crippen molar-refractivity contribution in [2.45, 2.75) is 0 Å². The van der Waals surface area contributed by atoms with Crippen LogP contribution in [0, 0.1) is 0 Å². The zero-order valence-electron chi connectivity index (χ0n) is 12.5. The summed E-state index contributed by atoms with van der Waals surface area (Å²) in [7, 11) is 2.98. The van der Waals surface area contributed by atoms with E-state index in [-0.39, 0.29) is 5.88 Å². The lowest BCUT2D eigenvalue weighted by Crippen LogP contribution is -2.13. The minimum Gasteiger partial charge on any atom is -0.493 e. The number of para-hydroxylation sites is 1. The van der Waals surface area contributed by atoms with Crippen LogP contribution in [0.2, 0.25) is 0 Å². The summed E-state index contributed by atoms with van der Waals surface area (Å²) in [6, 6.07) is 10.1. The van der Waals surface area contributed by atoms with Crippen LogP contribution < -0.4 is 14.8 Å². The predicted octanol–water partition coefficient (Wildman–Crippen LogP) is 3.20. The number of methoxy groups -OCH3 is 2. The van der Waals surface area contributed by atoms with Gasteiger partial charge < -0.3 is 18.4 Å². The molecule has 3 aromatic rings. The largest absolute Gasteiger partial charge is 0.493 e. The van der Waals surface area contributed by atoms with Crippen molar-refractivity contribution < 1.29 is 23.2 Å². The number of hydrogen-bond acceptors (Lipinski definition) is 6. The minimum absolute atomic E-state index is 0.200. The van der Waals surface area contributed by atoms with Crippen LogP contribution in [-0.4, -0.2) is 25.3 Å². The summed E-state index contributed by atoms with van der Waals surface area (Å²) in [4.78, 5) is 12.4. The minimum atomic E-state index is -0.400. The number of nitrogens with one attached hydrogen (secondary N) is 1. The fraction of sp³-hybridized carbons (Fsp3) is 0.125. The van der Waals surface area contributed by atoms with Crippen LogP contribution in [0.5, 0.6) is 11.5 Å². The highest BCUT2D eigenvalue weighted by molar-refractivity contribution is 6.06. The summed E-state index contributed by atoms with van der Waals surface area (Å²) in [6.07, 6.45) is 1.53. The average Bonchev–Trinajstić information content (AvgIpc) is 3.25. The molecule has 2 aromatic heterocycles. The van der Waals surface area contributed by atoms with Gasteiger partial charge in [-0.3, -0.25) is 10.1 Å². The van der Waals surface area contributed by atoms with Gasteiger partial charge in [-0.15, -0.1) is 0 Å². The van der Waals surface area contributed by atoms with Gasteiger partial charge >= 0.3 is 0 Å². The van der Waals surface area contributed by atoms with Crippen LogP contribution in [0.4, 0.5) is 5.88 Å². The van der Waals surface area contributed by atoms with E-state index in [2.05, 4.69) is 10.5 Å². The Bertz CT molecular complexity index is 808. The zero-order chi connectivity index (χ0) is 16.2. The van der Waals surface area contributed by atoms with Gasteiger partial charge in [-0.1, -0.05) is 11.2 Å². The van der Waals surface area contributed by atoms with Crippen molar-refractivity contribution >= 4 is 11.8 Å². The van der Waals surface area contributed by atoms with Gasteiger partial charge in [0.05, 0.1) is 26.0 Å². The molecular weight excluding hydrogens is 300 g/mol. The third kappa shape index (κ3) is 2.89. The first kappa shape index (κ1) is 14.7. The van der Waals surface area contributed by atoms with E-state index in [4.69, 9.17) is 18.4 Å². The van der Waals surface area contributed by atoms with Crippen LogP contribution in [0.1, 0.15) is 10.4 Å². The number of rotatable bonds is 5. The Kier molecular flexibility index (Phi) is 4.01. The van der Waals surface area contributed by atoms with E-state index in [1.165, 1.54) is 20.5 Å². The maximum atomic E-state index is 12.4. The van der Waals surface area contributed by atoms with Crippen molar-refractivity contribution in [3.05, 3.63) is 48.2 Å². The van der Waals surface area contributed by atoms with Gasteiger partial charge in [0.1, 0.15) is 0 Å². The number of amides is 1. The molecule has 0 aliphatic rings. The monoisotopic (exact) mass is 314 g/mol. The highest BCUT2D eigenvalue weighted by atomic mass is 16.5. The number of anilines is 1. The topological polar surface area (TPSA) is 86.7 Å². The third-order valence-electron chi connectivity index (χ3n) is 3.17. The first-order valence-electron chi connectivity index (χ1n) is 6.76. The molecule has 0 aliphatic carbocycles. The lowest BCUT2D eigenvalue weighted by Gasteiger charge is -2.11. The maximum absolute atomic E-state index is 12.4. The standard InChI is InChI=1S/C16H14N2O5/c1-20-13-6-3-5-10(15(13)21-2)16(19)17-14-9-11(18-23-14)12-7-4-8-22-12/h3-9H,1-2H3,(H,17,19). The van der Waals surface area contributed by atoms with Crippen LogP contribution >= 0.6 is 0 Å². The van der Waals surface area contributed by atoms with Gasteiger partial charge in [0.2, 0.25) is 5.88 Å². The molecule has 7 nitrogen and oxygen atoms in total. The fourth-order valence-electron chi connectivity index (χ4n) is 2.12. The van der Waals surface area contributed by atoms with E-state index < -0.39 is 5.91 Å². The molecule has 0 spiro atoms. The van der Waals surface area contributed by atoms with Gasteiger partial charge in [-0.2, -0.15) is 0 Å². The number of carbonyl (C=O) groups is 1. The van der Waals surface area contributed by atoms with Crippen molar-refractivity contribution in [1.82, 2.24) is 5.16 Å². The van der Waals surface area contributed by atoms with Crippen molar-refractivity contribution in [2.24, 2.45) is 0 Å². The SMILES string of the molecule is COc1cccc(C(=O)Nc2cc(-c3ccco3)no2)c1OC. The Balaban J connectivity index is 1.83. The fourth-order valence-corrected chi connectivity index (χ4v) is 2.12. The first-order chi connectivity index (χ1) is 11.2. The molecule has 1 aromatic carbocycles.